The molecule has 26 heavy (non-hydrogen) atoms. The van der Waals surface area contributed by atoms with Gasteiger partial charge in [0.05, 0.1) is 12.0 Å². The summed E-state index contributed by atoms with van der Waals surface area (Å²) in [6.07, 6.45) is 2.86. The summed E-state index contributed by atoms with van der Waals surface area (Å²) < 4.78 is 0. The van der Waals surface area contributed by atoms with Crippen LogP contribution in [0.3, 0.4) is 0 Å². The third kappa shape index (κ3) is 3.12. The van der Waals surface area contributed by atoms with E-state index in [2.05, 4.69) is 24.4 Å². The third-order valence-electron chi connectivity index (χ3n) is 6.57. The zero-order valence-electron chi connectivity index (χ0n) is 15.1. The molecule has 3 fully saturated rings. The normalized spacial score (nSPS) is 32.5. The maximum absolute atomic E-state index is 13.2. The summed E-state index contributed by atoms with van der Waals surface area (Å²) in [6, 6.07) is 9.76. The number of likely N-dealkylation sites (tertiary alicyclic amines) is 1. The molecule has 1 aliphatic carbocycles. The fourth-order valence-electron chi connectivity index (χ4n) is 4.75. The summed E-state index contributed by atoms with van der Waals surface area (Å²) in [5, 5.41) is 12.4. The van der Waals surface area contributed by atoms with Gasteiger partial charge in [-0.2, -0.15) is 0 Å². The number of nitrogens with zero attached hydrogens (tertiary/aromatic N) is 1. The summed E-state index contributed by atoms with van der Waals surface area (Å²) >= 11 is 0. The molecule has 3 aliphatic rings. The van der Waals surface area contributed by atoms with Crippen molar-refractivity contribution < 1.29 is 14.8 Å². The number of hydrogen-bond acceptors (Lipinski definition) is 4. The van der Waals surface area contributed by atoms with E-state index in [0.29, 0.717) is 31.3 Å². The zero-order valence-corrected chi connectivity index (χ0v) is 15.1. The first-order valence-corrected chi connectivity index (χ1v) is 9.54. The topological polar surface area (TPSA) is 81.7 Å². The van der Waals surface area contributed by atoms with Gasteiger partial charge >= 0.3 is 0 Å². The van der Waals surface area contributed by atoms with Gasteiger partial charge in [-0.1, -0.05) is 37.3 Å². The highest BCUT2D eigenvalue weighted by Gasteiger charge is 2.53. The van der Waals surface area contributed by atoms with Gasteiger partial charge in [-0.25, -0.2) is 5.48 Å². The van der Waals surface area contributed by atoms with E-state index in [1.807, 2.05) is 23.1 Å². The zero-order chi connectivity index (χ0) is 18.3. The van der Waals surface area contributed by atoms with Crippen molar-refractivity contribution in [3.63, 3.8) is 0 Å². The highest BCUT2D eigenvalue weighted by molar-refractivity contribution is 5.90. The second-order valence-electron chi connectivity index (χ2n) is 8.38. The smallest absolute Gasteiger partial charge is 0.248 e. The first-order valence-electron chi connectivity index (χ1n) is 9.54. The van der Waals surface area contributed by atoms with Crippen LogP contribution < -0.4 is 10.8 Å². The monoisotopic (exact) mass is 357 g/mol. The van der Waals surface area contributed by atoms with Crippen LogP contribution in [-0.2, 0) is 9.59 Å². The number of carbonyl (C=O) groups excluding carboxylic acids is 2. The van der Waals surface area contributed by atoms with E-state index in [0.717, 1.165) is 19.4 Å². The summed E-state index contributed by atoms with van der Waals surface area (Å²) in [5.74, 6) is -0.267. The maximum Gasteiger partial charge on any atom is 0.248 e. The van der Waals surface area contributed by atoms with Gasteiger partial charge < -0.3 is 10.2 Å². The van der Waals surface area contributed by atoms with Crippen molar-refractivity contribution in [3.05, 3.63) is 35.9 Å². The van der Waals surface area contributed by atoms with Gasteiger partial charge in [-0.15, -0.1) is 0 Å². The van der Waals surface area contributed by atoms with Crippen LogP contribution in [0.25, 0.3) is 0 Å². The van der Waals surface area contributed by atoms with Crippen LogP contribution in [0, 0.1) is 17.3 Å². The Morgan fingerprint density at radius 2 is 1.96 bits per heavy atom. The van der Waals surface area contributed by atoms with Crippen LogP contribution in [0.4, 0.5) is 0 Å². The molecule has 1 aromatic carbocycles. The number of nitrogens with one attached hydrogen (secondary N) is 2. The number of hydrogen-bond donors (Lipinski definition) is 3. The fourth-order valence-corrected chi connectivity index (χ4v) is 4.75. The number of carbonyl (C=O) groups is 2. The highest BCUT2D eigenvalue weighted by Crippen LogP contribution is 2.52. The molecule has 2 saturated heterocycles. The summed E-state index contributed by atoms with van der Waals surface area (Å²) in [7, 11) is 0. The highest BCUT2D eigenvalue weighted by atomic mass is 16.5. The Bertz CT molecular complexity index is 689. The minimum absolute atomic E-state index is 0.0145. The van der Waals surface area contributed by atoms with Crippen molar-refractivity contribution in [1.29, 1.82) is 0 Å². The molecule has 3 N–H and O–H groups in total. The first kappa shape index (κ1) is 17.5. The molecule has 6 heteroatoms. The molecule has 1 aromatic rings. The number of hydroxylamine groups is 1. The molecule has 2 heterocycles. The van der Waals surface area contributed by atoms with E-state index >= 15 is 0 Å². The van der Waals surface area contributed by atoms with Crippen molar-refractivity contribution in [2.75, 3.05) is 19.6 Å². The molecule has 0 radical (unpaired) electrons. The molecular formula is C20H27N3O3. The van der Waals surface area contributed by atoms with E-state index in [4.69, 9.17) is 5.21 Å². The van der Waals surface area contributed by atoms with Crippen molar-refractivity contribution in [2.24, 2.45) is 17.3 Å². The number of benzene rings is 1. The molecule has 2 amide bonds. The molecule has 4 atom stereocenters. The lowest BCUT2D eigenvalue weighted by atomic mass is 9.81. The first-order chi connectivity index (χ1) is 12.5. The minimum Gasteiger partial charge on any atom is -0.340 e. The summed E-state index contributed by atoms with van der Waals surface area (Å²) in [5.41, 5.74) is 3.18. The Kier molecular flexibility index (Phi) is 4.49. The van der Waals surface area contributed by atoms with Crippen LogP contribution in [-0.4, -0.2) is 47.6 Å². The maximum atomic E-state index is 13.2. The average Bonchev–Trinajstić information content (AvgIpc) is 3.30. The molecule has 6 nitrogen and oxygen atoms in total. The second-order valence-corrected chi connectivity index (χ2v) is 8.38. The van der Waals surface area contributed by atoms with Gasteiger partial charge in [0.15, 0.2) is 0 Å². The molecule has 4 rings (SSSR count). The van der Waals surface area contributed by atoms with E-state index in [1.54, 1.807) is 5.48 Å². The van der Waals surface area contributed by atoms with Gasteiger partial charge in [0.2, 0.25) is 11.8 Å². The lowest BCUT2D eigenvalue weighted by Crippen LogP contribution is -2.58. The van der Waals surface area contributed by atoms with E-state index in [-0.39, 0.29) is 11.3 Å². The van der Waals surface area contributed by atoms with Crippen molar-refractivity contribution in [2.45, 2.75) is 38.1 Å². The van der Waals surface area contributed by atoms with E-state index < -0.39 is 17.9 Å². The van der Waals surface area contributed by atoms with E-state index in [1.165, 1.54) is 5.56 Å². The third-order valence-corrected chi connectivity index (χ3v) is 6.57. The molecule has 2 aliphatic heterocycles. The molecule has 140 valence electrons. The number of piperidine rings is 1. The van der Waals surface area contributed by atoms with Gasteiger partial charge in [-0.05, 0) is 36.2 Å². The van der Waals surface area contributed by atoms with Crippen molar-refractivity contribution in [1.82, 2.24) is 15.7 Å². The SMILES string of the molecule is C[C@@H]1CN(C(=O)C2NCC3(CC3)CC2C(=O)NO)C[C@H]1c1ccccc1. The minimum atomic E-state index is -0.546. The average molecular weight is 357 g/mol. The number of rotatable bonds is 3. The van der Waals surface area contributed by atoms with Gasteiger partial charge in [-0.3, -0.25) is 14.8 Å². The predicted molar refractivity (Wildman–Crippen MR) is 96.4 cm³/mol. The molecule has 1 spiro atoms. The molecule has 2 unspecified atom stereocenters. The Morgan fingerprint density at radius 3 is 2.62 bits per heavy atom. The molecular weight excluding hydrogens is 330 g/mol. The van der Waals surface area contributed by atoms with Crippen molar-refractivity contribution >= 4 is 11.8 Å². The standard InChI is InChI=1S/C20H27N3O3/c1-13-10-23(11-16(13)14-5-3-2-4-6-14)19(25)17-15(18(24)22-26)9-20(7-8-20)12-21-17/h2-6,13,15-17,21,26H,7-12H2,1H3,(H,22,24)/t13-,15?,16-,17?/m1/s1. The Hall–Kier alpha value is -1.92. The lowest BCUT2D eigenvalue weighted by molar-refractivity contribution is -0.144. The van der Waals surface area contributed by atoms with Gasteiger partial charge in [0.25, 0.3) is 0 Å². The van der Waals surface area contributed by atoms with Crippen LogP contribution in [0.15, 0.2) is 30.3 Å². The van der Waals surface area contributed by atoms with Gasteiger partial charge in [0.1, 0.15) is 0 Å². The largest absolute Gasteiger partial charge is 0.340 e. The second kappa shape index (κ2) is 6.67. The van der Waals surface area contributed by atoms with E-state index in [9.17, 15) is 9.59 Å². The predicted octanol–water partition coefficient (Wildman–Crippen LogP) is 1.51. The summed E-state index contributed by atoms with van der Waals surface area (Å²) in [4.78, 5) is 27.3. The van der Waals surface area contributed by atoms with Crippen LogP contribution in [0.1, 0.15) is 37.7 Å². The van der Waals surface area contributed by atoms with Crippen LogP contribution in [0.5, 0.6) is 0 Å². The summed E-state index contributed by atoms with van der Waals surface area (Å²) in [6.45, 7) is 4.34. The number of amides is 2. The fraction of sp³-hybridized carbons (Fsp3) is 0.600. The van der Waals surface area contributed by atoms with Crippen LogP contribution >= 0.6 is 0 Å². The quantitative estimate of drug-likeness (QED) is 0.566. The molecule has 0 bridgehead atoms. The van der Waals surface area contributed by atoms with Gasteiger partial charge in [0, 0.05) is 25.6 Å². The molecule has 0 aromatic heterocycles. The van der Waals surface area contributed by atoms with Crippen LogP contribution in [0.2, 0.25) is 0 Å². The molecule has 1 saturated carbocycles. The van der Waals surface area contributed by atoms with Crippen molar-refractivity contribution in [3.8, 4) is 0 Å². The Balaban J connectivity index is 1.49. The Morgan fingerprint density at radius 1 is 1.23 bits per heavy atom. The Labute approximate surface area is 153 Å². The lowest BCUT2D eigenvalue weighted by Gasteiger charge is -2.37.